The Kier molecular flexibility index (Phi) is 29.9. The maximum atomic E-state index is 3.97. The molecule has 4 heteroatoms. The van der Waals surface area contributed by atoms with E-state index < -0.39 is 0 Å². The summed E-state index contributed by atoms with van der Waals surface area (Å²) in [6.07, 6.45) is 3.44. The summed E-state index contributed by atoms with van der Waals surface area (Å²) >= 11 is 0. The minimum Gasteiger partial charge on any atom is -0.663 e. The maximum Gasteiger partial charge on any atom is 4.00 e. The average Bonchev–Trinajstić information content (AvgIpc) is 2.73. The SMILES string of the molecule is CC1=[C-]C(C)(C)C(C)=C1C.CC[N-]CC.CC[N-]CC.CC[N-]CC.[Ti+4]. The van der Waals surface area contributed by atoms with E-state index in [1.807, 2.05) is 41.5 Å². The molecule has 0 amide bonds. The van der Waals surface area contributed by atoms with Gasteiger partial charge < -0.3 is 16.0 Å². The van der Waals surface area contributed by atoms with Crippen molar-refractivity contribution in [2.24, 2.45) is 5.41 Å². The minimum absolute atomic E-state index is 0. The molecule has 152 valence electrons. The first kappa shape index (κ1) is 33.6. The van der Waals surface area contributed by atoms with Gasteiger partial charge in [0.15, 0.2) is 0 Å². The van der Waals surface area contributed by atoms with Crippen LogP contribution in [0, 0.1) is 11.5 Å². The molecule has 0 N–H and O–H groups in total. The number of allylic oxidation sites excluding steroid dienone is 4. The van der Waals surface area contributed by atoms with E-state index >= 15 is 0 Å². The Bertz CT molecular complexity index is 327. The smallest absolute Gasteiger partial charge is 0.663 e. The van der Waals surface area contributed by atoms with Crippen LogP contribution in [0.3, 0.4) is 0 Å². The van der Waals surface area contributed by atoms with Gasteiger partial charge in [0.2, 0.25) is 0 Å². The van der Waals surface area contributed by atoms with Crippen LogP contribution in [0.2, 0.25) is 0 Å². The second-order valence-electron chi connectivity index (χ2n) is 6.19. The van der Waals surface area contributed by atoms with E-state index in [4.69, 9.17) is 0 Å². The van der Waals surface area contributed by atoms with Gasteiger partial charge in [-0.05, 0) is 0 Å². The summed E-state index contributed by atoms with van der Waals surface area (Å²) in [5.74, 6) is 0. The second kappa shape index (κ2) is 23.1. The van der Waals surface area contributed by atoms with E-state index in [1.165, 1.54) is 16.7 Å². The normalized spacial score (nSPS) is 13.9. The zero-order valence-corrected chi connectivity index (χ0v) is 21.1. The summed E-state index contributed by atoms with van der Waals surface area (Å²) < 4.78 is 0. The van der Waals surface area contributed by atoms with Crippen molar-refractivity contribution in [3.63, 3.8) is 0 Å². The van der Waals surface area contributed by atoms with Crippen molar-refractivity contribution in [2.75, 3.05) is 39.3 Å². The van der Waals surface area contributed by atoms with Gasteiger partial charge in [0, 0.05) is 0 Å². The van der Waals surface area contributed by atoms with E-state index in [9.17, 15) is 0 Å². The van der Waals surface area contributed by atoms with Gasteiger partial charge in [0.05, 0.1) is 0 Å². The fourth-order valence-electron chi connectivity index (χ4n) is 2.08. The molecule has 0 bridgehead atoms. The van der Waals surface area contributed by atoms with Crippen molar-refractivity contribution in [2.45, 2.75) is 76.2 Å². The molecule has 0 aliphatic heterocycles. The number of hydrogen-bond donors (Lipinski definition) is 0. The second-order valence-corrected chi connectivity index (χ2v) is 6.19. The summed E-state index contributed by atoms with van der Waals surface area (Å²) in [6.45, 7) is 29.0. The summed E-state index contributed by atoms with van der Waals surface area (Å²) in [4.78, 5) is 0. The van der Waals surface area contributed by atoms with Crippen LogP contribution >= 0.6 is 0 Å². The topological polar surface area (TPSA) is 42.3 Å². The van der Waals surface area contributed by atoms with E-state index in [1.54, 1.807) is 0 Å². The van der Waals surface area contributed by atoms with Gasteiger partial charge in [0.1, 0.15) is 0 Å². The van der Waals surface area contributed by atoms with Crippen LogP contribution in [0.15, 0.2) is 16.7 Å². The summed E-state index contributed by atoms with van der Waals surface area (Å²) in [5, 5.41) is 11.9. The quantitative estimate of drug-likeness (QED) is 0.332. The van der Waals surface area contributed by atoms with Gasteiger partial charge in [0.25, 0.3) is 0 Å². The largest absolute Gasteiger partial charge is 4.00 e. The summed E-state index contributed by atoms with van der Waals surface area (Å²) in [6, 6.07) is 0. The summed E-state index contributed by atoms with van der Waals surface area (Å²) in [5.41, 5.74) is 4.39. The number of hydrogen-bond acceptors (Lipinski definition) is 0. The first-order valence-electron chi connectivity index (χ1n) is 9.89. The van der Waals surface area contributed by atoms with Crippen molar-refractivity contribution < 1.29 is 21.7 Å². The van der Waals surface area contributed by atoms with Gasteiger partial charge in [-0.3, -0.25) is 6.08 Å². The molecule has 0 unspecified atom stereocenters. The Morgan fingerprint density at radius 1 is 0.654 bits per heavy atom. The molecule has 0 fully saturated rings. The molecule has 0 radical (unpaired) electrons. The Morgan fingerprint density at radius 2 is 0.923 bits per heavy atom. The van der Waals surface area contributed by atoms with Crippen LogP contribution in [-0.2, 0) is 21.7 Å². The molecular weight excluding hydrogens is 354 g/mol. The molecule has 0 heterocycles. The van der Waals surface area contributed by atoms with Crippen LogP contribution in [0.25, 0.3) is 16.0 Å². The number of nitrogens with zero attached hydrogens (tertiary/aromatic N) is 3. The molecular formula is C22H45N3Ti. The monoisotopic (exact) mass is 399 g/mol. The van der Waals surface area contributed by atoms with Crippen molar-refractivity contribution in [3.05, 3.63) is 38.7 Å². The van der Waals surface area contributed by atoms with Crippen molar-refractivity contribution in [1.29, 1.82) is 0 Å². The van der Waals surface area contributed by atoms with Crippen molar-refractivity contribution >= 4 is 0 Å². The Morgan fingerprint density at radius 3 is 0.962 bits per heavy atom. The van der Waals surface area contributed by atoms with Crippen molar-refractivity contribution in [3.8, 4) is 0 Å². The minimum atomic E-state index is 0. The molecule has 0 spiro atoms. The molecule has 1 aliphatic carbocycles. The Balaban J connectivity index is -0.000000132. The van der Waals surface area contributed by atoms with E-state index in [-0.39, 0.29) is 27.1 Å². The molecule has 26 heavy (non-hydrogen) atoms. The van der Waals surface area contributed by atoms with Crippen LogP contribution < -0.4 is 0 Å². The third-order valence-electron chi connectivity index (χ3n) is 3.90. The predicted octanol–water partition coefficient (Wildman–Crippen LogP) is 7.31. The predicted molar refractivity (Wildman–Crippen MR) is 118 cm³/mol. The Labute approximate surface area is 181 Å². The molecule has 0 aromatic heterocycles. The number of rotatable bonds is 6. The zero-order chi connectivity index (χ0) is 20.3. The molecule has 0 aromatic rings. The molecule has 1 aliphatic rings. The van der Waals surface area contributed by atoms with Crippen LogP contribution in [0.4, 0.5) is 0 Å². The molecule has 0 aromatic carbocycles. The zero-order valence-electron chi connectivity index (χ0n) is 19.6. The summed E-state index contributed by atoms with van der Waals surface area (Å²) in [7, 11) is 0. The third-order valence-corrected chi connectivity index (χ3v) is 3.90. The standard InChI is InChI=1S/C10H15.3C4H10N.Ti/c1-7-6-10(4,5)9(3)8(7)2;3*1-3-5-4-2;/h1-5H3;3*3-4H2,1-2H3;/q4*-1;+4. The molecule has 0 saturated carbocycles. The first-order chi connectivity index (χ1) is 11.7. The molecule has 3 nitrogen and oxygen atoms in total. The first-order valence-corrected chi connectivity index (χ1v) is 9.89. The van der Waals surface area contributed by atoms with Gasteiger partial charge >= 0.3 is 21.7 Å². The van der Waals surface area contributed by atoms with Crippen LogP contribution in [0.5, 0.6) is 0 Å². The van der Waals surface area contributed by atoms with E-state index in [0.29, 0.717) is 0 Å². The fraction of sp³-hybridized carbons (Fsp3) is 0.818. The van der Waals surface area contributed by atoms with E-state index in [2.05, 4.69) is 56.6 Å². The molecule has 1 rings (SSSR count). The van der Waals surface area contributed by atoms with Crippen LogP contribution in [-0.4, -0.2) is 39.3 Å². The molecule has 0 saturated heterocycles. The van der Waals surface area contributed by atoms with Crippen LogP contribution in [0.1, 0.15) is 76.2 Å². The van der Waals surface area contributed by atoms with Gasteiger partial charge in [-0.25, -0.2) is 5.57 Å². The average molecular weight is 399 g/mol. The molecule has 0 atom stereocenters. The van der Waals surface area contributed by atoms with Gasteiger partial charge in [-0.15, -0.1) is 6.92 Å². The van der Waals surface area contributed by atoms with Gasteiger partial charge in [-0.2, -0.15) is 50.4 Å². The van der Waals surface area contributed by atoms with E-state index in [0.717, 1.165) is 39.3 Å². The van der Waals surface area contributed by atoms with Gasteiger partial charge in [-0.1, -0.05) is 74.7 Å². The maximum absolute atomic E-state index is 3.97. The third kappa shape index (κ3) is 20.4. The Hall–Kier alpha value is 0.0743. The fourth-order valence-corrected chi connectivity index (χ4v) is 2.08. The van der Waals surface area contributed by atoms with Crippen molar-refractivity contribution in [1.82, 2.24) is 0 Å².